The molecule has 0 unspecified atom stereocenters. The fourth-order valence-electron chi connectivity index (χ4n) is 4.09. The molecule has 12 heteroatoms. The van der Waals surface area contributed by atoms with Crippen LogP contribution in [0.25, 0.3) is 10.9 Å². The predicted molar refractivity (Wildman–Crippen MR) is 144 cm³/mol. The van der Waals surface area contributed by atoms with Gasteiger partial charge in [-0.15, -0.1) is 0 Å². The quantitative estimate of drug-likeness (QED) is 0.206. The number of fused-ring (bicyclic) bond motifs is 1. The summed E-state index contributed by atoms with van der Waals surface area (Å²) in [6.45, 7) is 5.09. The number of aromatic nitrogens is 4. The van der Waals surface area contributed by atoms with Crippen LogP contribution in [0.1, 0.15) is 19.8 Å². The highest BCUT2D eigenvalue weighted by molar-refractivity contribution is 5.92. The first-order chi connectivity index (χ1) is 19.0. The number of carbonyl (C=O) groups excluding carboxylic acids is 1. The molecule has 0 spiro atoms. The van der Waals surface area contributed by atoms with E-state index < -0.39 is 17.5 Å². The highest BCUT2D eigenvalue weighted by atomic mass is 19.2. The number of aliphatic hydroxyl groups excluding tert-OH is 1. The molecular weight excluding hydrogens is 508 g/mol. The van der Waals surface area contributed by atoms with Crippen LogP contribution >= 0.6 is 0 Å². The number of anilines is 3. The zero-order valence-electron chi connectivity index (χ0n) is 21.6. The molecule has 39 heavy (non-hydrogen) atoms. The Hall–Kier alpha value is -4.16. The SMILES string of the molecule is CCCN(CCO)CCCOc1ccc2c(Nc3cnn(CC(=O)Nc4cccc(F)c4F)c3)ncnc2c1. The maximum atomic E-state index is 13.8. The fourth-order valence-corrected chi connectivity index (χ4v) is 4.09. The Morgan fingerprint density at radius 1 is 1.15 bits per heavy atom. The number of nitrogens with one attached hydrogen (secondary N) is 2. The van der Waals surface area contributed by atoms with E-state index in [0.717, 1.165) is 37.4 Å². The lowest BCUT2D eigenvalue weighted by Crippen LogP contribution is -2.29. The Kier molecular flexibility index (Phi) is 9.70. The summed E-state index contributed by atoms with van der Waals surface area (Å²) in [4.78, 5) is 23.2. The molecule has 0 aliphatic heterocycles. The van der Waals surface area contributed by atoms with Crippen molar-refractivity contribution < 1.29 is 23.4 Å². The van der Waals surface area contributed by atoms with Crippen LogP contribution in [0.3, 0.4) is 0 Å². The molecule has 10 nitrogen and oxygen atoms in total. The van der Waals surface area contributed by atoms with Gasteiger partial charge in [-0.1, -0.05) is 13.0 Å². The van der Waals surface area contributed by atoms with Gasteiger partial charge in [0.2, 0.25) is 5.91 Å². The molecule has 206 valence electrons. The summed E-state index contributed by atoms with van der Waals surface area (Å²) < 4.78 is 34.5. The molecule has 4 rings (SSSR count). The summed E-state index contributed by atoms with van der Waals surface area (Å²) in [5, 5.41) is 19.6. The van der Waals surface area contributed by atoms with E-state index in [1.54, 1.807) is 6.20 Å². The first-order valence-corrected chi connectivity index (χ1v) is 12.7. The van der Waals surface area contributed by atoms with Crippen LogP contribution in [-0.4, -0.2) is 68.5 Å². The van der Waals surface area contributed by atoms with Gasteiger partial charge in [-0.3, -0.25) is 9.48 Å². The topological polar surface area (TPSA) is 117 Å². The minimum Gasteiger partial charge on any atom is -0.493 e. The fraction of sp³-hybridized carbons (Fsp3) is 0.333. The maximum Gasteiger partial charge on any atom is 0.246 e. The number of hydrogen-bond donors (Lipinski definition) is 3. The van der Waals surface area contributed by atoms with Gasteiger partial charge >= 0.3 is 0 Å². The van der Waals surface area contributed by atoms with Gasteiger partial charge in [0.15, 0.2) is 11.6 Å². The number of aliphatic hydroxyl groups is 1. The second-order valence-corrected chi connectivity index (χ2v) is 8.87. The van der Waals surface area contributed by atoms with Gasteiger partial charge in [0.1, 0.15) is 24.4 Å². The minimum absolute atomic E-state index is 0.148. The van der Waals surface area contributed by atoms with E-state index in [1.165, 1.54) is 29.3 Å². The van der Waals surface area contributed by atoms with Crippen LogP contribution in [0.4, 0.5) is 26.0 Å². The van der Waals surface area contributed by atoms with Crippen molar-refractivity contribution in [2.45, 2.75) is 26.3 Å². The summed E-state index contributed by atoms with van der Waals surface area (Å²) in [5.74, 6) is -1.46. The second kappa shape index (κ2) is 13.6. The Morgan fingerprint density at radius 3 is 2.85 bits per heavy atom. The second-order valence-electron chi connectivity index (χ2n) is 8.87. The maximum absolute atomic E-state index is 13.8. The number of benzene rings is 2. The molecular formula is C27H31F2N7O3. The lowest BCUT2D eigenvalue weighted by atomic mass is 10.2. The molecule has 0 aliphatic carbocycles. The molecule has 0 fully saturated rings. The van der Waals surface area contributed by atoms with Crippen molar-refractivity contribution in [3.63, 3.8) is 0 Å². The molecule has 0 radical (unpaired) electrons. The minimum atomic E-state index is -1.12. The van der Waals surface area contributed by atoms with Crippen LogP contribution in [-0.2, 0) is 11.3 Å². The van der Waals surface area contributed by atoms with Crippen molar-refractivity contribution in [3.05, 3.63) is 66.8 Å². The van der Waals surface area contributed by atoms with Crippen molar-refractivity contribution in [1.29, 1.82) is 0 Å². The van der Waals surface area contributed by atoms with Gasteiger partial charge in [-0.05, 0) is 43.7 Å². The van der Waals surface area contributed by atoms with Gasteiger partial charge in [0, 0.05) is 30.7 Å². The van der Waals surface area contributed by atoms with Crippen LogP contribution in [0.15, 0.2) is 55.1 Å². The van der Waals surface area contributed by atoms with Crippen molar-refractivity contribution in [3.8, 4) is 5.75 Å². The van der Waals surface area contributed by atoms with Crippen LogP contribution in [0.5, 0.6) is 5.75 Å². The molecule has 0 saturated heterocycles. The summed E-state index contributed by atoms with van der Waals surface area (Å²) in [6.07, 6.45) is 6.45. The van der Waals surface area contributed by atoms with Gasteiger partial charge in [-0.2, -0.15) is 5.10 Å². The van der Waals surface area contributed by atoms with Crippen LogP contribution in [0, 0.1) is 11.6 Å². The van der Waals surface area contributed by atoms with Crippen molar-refractivity contribution in [2.24, 2.45) is 0 Å². The molecule has 0 saturated carbocycles. The van der Waals surface area contributed by atoms with Gasteiger partial charge in [0.25, 0.3) is 0 Å². The summed E-state index contributed by atoms with van der Waals surface area (Å²) >= 11 is 0. The molecule has 1 amide bonds. The third kappa shape index (κ3) is 7.68. The number of halogens is 2. The third-order valence-electron chi connectivity index (χ3n) is 5.88. The normalized spacial score (nSPS) is 11.2. The smallest absolute Gasteiger partial charge is 0.246 e. The lowest BCUT2D eigenvalue weighted by molar-refractivity contribution is -0.116. The predicted octanol–water partition coefficient (Wildman–Crippen LogP) is 3.96. The van der Waals surface area contributed by atoms with Crippen LogP contribution < -0.4 is 15.4 Å². The van der Waals surface area contributed by atoms with E-state index in [9.17, 15) is 18.7 Å². The van der Waals surface area contributed by atoms with Crippen molar-refractivity contribution in [2.75, 3.05) is 43.5 Å². The average molecular weight is 540 g/mol. The number of rotatable bonds is 14. The Labute approximate surface area is 224 Å². The average Bonchev–Trinajstić information content (AvgIpc) is 3.36. The largest absolute Gasteiger partial charge is 0.493 e. The summed E-state index contributed by atoms with van der Waals surface area (Å²) in [7, 11) is 0. The van der Waals surface area contributed by atoms with E-state index >= 15 is 0 Å². The van der Waals surface area contributed by atoms with Crippen LogP contribution in [0.2, 0.25) is 0 Å². The number of amides is 1. The monoisotopic (exact) mass is 539 g/mol. The van der Waals surface area contributed by atoms with Gasteiger partial charge in [-0.25, -0.2) is 18.7 Å². The van der Waals surface area contributed by atoms with E-state index in [4.69, 9.17) is 4.74 Å². The van der Waals surface area contributed by atoms with Crippen molar-refractivity contribution >= 4 is 34.0 Å². The zero-order chi connectivity index (χ0) is 27.6. The number of nitrogens with zero attached hydrogens (tertiary/aromatic N) is 5. The standard InChI is InChI=1S/C27H31F2N7O3/c1-2-9-35(11-12-37)10-4-13-39-20-7-8-21-24(14-20)30-18-31-27(21)33-19-15-32-36(16-19)17-25(38)34-23-6-3-5-22(28)26(23)29/h3,5-8,14-16,18,37H,2,4,9-13,17H2,1H3,(H,34,38)(H,30,31,33). The molecule has 2 heterocycles. The Morgan fingerprint density at radius 2 is 2.03 bits per heavy atom. The molecule has 2 aromatic carbocycles. The van der Waals surface area contributed by atoms with Crippen molar-refractivity contribution in [1.82, 2.24) is 24.6 Å². The molecule has 2 aromatic heterocycles. The molecule has 0 bridgehead atoms. The van der Waals surface area contributed by atoms with Gasteiger partial charge < -0.3 is 25.4 Å². The highest BCUT2D eigenvalue weighted by Gasteiger charge is 2.13. The molecule has 0 atom stereocenters. The van der Waals surface area contributed by atoms with E-state index in [-0.39, 0.29) is 18.8 Å². The van der Waals surface area contributed by atoms with E-state index in [1.807, 2.05) is 18.2 Å². The number of ether oxygens (including phenoxy) is 1. The zero-order valence-corrected chi connectivity index (χ0v) is 21.6. The van der Waals surface area contributed by atoms with E-state index in [2.05, 4.69) is 37.5 Å². The Balaban J connectivity index is 1.33. The first-order valence-electron chi connectivity index (χ1n) is 12.7. The molecule has 3 N–H and O–H groups in total. The number of carbonyl (C=O) groups is 1. The highest BCUT2D eigenvalue weighted by Crippen LogP contribution is 2.26. The lowest BCUT2D eigenvalue weighted by Gasteiger charge is -2.20. The summed E-state index contributed by atoms with van der Waals surface area (Å²) in [5.41, 5.74) is 1.04. The van der Waals surface area contributed by atoms with E-state index in [0.29, 0.717) is 35.9 Å². The molecule has 4 aromatic rings. The first kappa shape index (κ1) is 27.9. The summed E-state index contributed by atoms with van der Waals surface area (Å²) in [6, 6.07) is 9.14. The Bertz CT molecular complexity index is 1390. The third-order valence-corrected chi connectivity index (χ3v) is 5.88. The molecule has 0 aliphatic rings. The van der Waals surface area contributed by atoms with Gasteiger partial charge in [0.05, 0.1) is 36.3 Å². The number of hydrogen-bond acceptors (Lipinski definition) is 8.